The number of unbranched alkanes of at least 4 members (excludes halogenated alkanes) is 1. The lowest BCUT2D eigenvalue weighted by Gasteiger charge is -2.04. The maximum atomic E-state index is 11.4. The molecular weight excluding hydrogens is 202 g/mol. The van der Waals surface area contributed by atoms with E-state index in [2.05, 4.69) is 6.92 Å². The van der Waals surface area contributed by atoms with Gasteiger partial charge in [0.25, 0.3) is 0 Å². The van der Waals surface area contributed by atoms with Gasteiger partial charge in [-0.2, -0.15) is 0 Å². The van der Waals surface area contributed by atoms with E-state index in [1.807, 2.05) is 30.0 Å². The van der Waals surface area contributed by atoms with Gasteiger partial charge in [-0.1, -0.05) is 20.3 Å². The molecule has 0 spiro atoms. The Hall–Kier alpha value is -1.09. The maximum Gasteiger partial charge on any atom is 0.164 e. The molecule has 0 unspecified atom stereocenters. The Morgan fingerprint density at radius 2 is 2.19 bits per heavy atom. The van der Waals surface area contributed by atoms with Gasteiger partial charge in [0.2, 0.25) is 0 Å². The highest BCUT2D eigenvalue weighted by Gasteiger charge is 2.04. The molecule has 0 atom stereocenters. The molecule has 0 radical (unpaired) electrons. The lowest BCUT2D eigenvalue weighted by Crippen LogP contribution is -2.05. The van der Waals surface area contributed by atoms with Gasteiger partial charge in [-0.05, 0) is 12.5 Å². The zero-order chi connectivity index (χ0) is 11.8. The number of ether oxygens (including phenoxy) is 1. The highest BCUT2D eigenvalue weighted by Crippen LogP contribution is 2.04. The Kier molecular flexibility index (Phi) is 5.86. The van der Waals surface area contributed by atoms with Crippen molar-refractivity contribution < 1.29 is 9.53 Å². The first-order chi connectivity index (χ1) is 7.77. The number of aromatic nitrogens is 1. The van der Waals surface area contributed by atoms with E-state index in [4.69, 9.17) is 4.74 Å². The molecule has 1 aromatic rings. The van der Waals surface area contributed by atoms with E-state index in [0.717, 1.165) is 25.1 Å². The number of rotatable bonds is 8. The van der Waals surface area contributed by atoms with E-state index in [-0.39, 0.29) is 5.78 Å². The molecule has 1 aromatic heterocycles. The van der Waals surface area contributed by atoms with Gasteiger partial charge in [-0.3, -0.25) is 4.79 Å². The summed E-state index contributed by atoms with van der Waals surface area (Å²) in [5.74, 6) is 0.200. The number of carbonyl (C=O) groups excluding carboxylic acids is 1. The van der Waals surface area contributed by atoms with Crippen molar-refractivity contribution in [2.24, 2.45) is 0 Å². The SMILES string of the molecule is CCCCOCCn1ccc(C(=O)CC)c1. The van der Waals surface area contributed by atoms with Crippen molar-refractivity contribution in [2.75, 3.05) is 13.2 Å². The van der Waals surface area contributed by atoms with Crippen molar-refractivity contribution in [1.82, 2.24) is 4.57 Å². The van der Waals surface area contributed by atoms with Crippen molar-refractivity contribution in [3.63, 3.8) is 0 Å². The average Bonchev–Trinajstić information content (AvgIpc) is 2.76. The summed E-state index contributed by atoms with van der Waals surface area (Å²) in [5.41, 5.74) is 0.802. The third-order valence-corrected chi connectivity index (χ3v) is 2.53. The van der Waals surface area contributed by atoms with Gasteiger partial charge in [0.05, 0.1) is 6.61 Å². The molecule has 0 aliphatic heterocycles. The molecule has 0 amide bonds. The zero-order valence-electron chi connectivity index (χ0n) is 10.2. The minimum atomic E-state index is 0.200. The summed E-state index contributed by atoms with van der Waals surface area (Å²) in [7, 11) is 0. The van der Waals surface area contributed by atoms with E-state index in [1.165, 1.54) is 6.42 Å². The maximum absolute atomic E-state index is 11.4. The molecule has 3 nitrogen and oxygen atoms in total. The molecule has 90 valence electrons. The van der Waals surface area contributed by atoms with Crippen molar-refractivity contribution in [1.29, 1.82) is 0 Å². The molecule has 16 heavy (non-hydrogen) atoms. The van der Waals surface area contributed by atoms with Crippen LogP contribution in [0.15, 0.2) is 18.5 Å². The largest absolute Gasteiger partial charge is 0.380 e. The van der Waals surface area contributed by atoms with Crippen LogP contribution in [0.25, 0.3) is 0 Å². The van der Waals surface area contributed by atoms with Crippen LogP contribution < -0.4 is 0 Å². The second kappa shape index (κ2) is 7.23. The van der Waals surface area contributed by atoms with Crippen molar-refractivity contribution >= 4 is 5.78 Å². The minimum absolute atomic E-state index is 0.200. The smallest absolute Gasteiger partial charge is 0.164 e. The van der Waals surface area contributed by atoms with Gasteiger partial charge < -0.3 is 9.30 Å². The van der Waals surface area contributed by atoms with Gasteiger partial charge in [0, 0.05) is 37.5 Å². The quantitative estimate of drug-likeness (QED) is 0.501. The Bertz CT molecular complexity index is 317. The van der Waals surface area contributed by atoms with Crippen LogP contribution in [0.5, 0.6) is 0 Å². The molecule has 3 heteroatoms. The zero-order valence-corrected chi connectivity index (χ0v) is 10.2. The number of hydrogen-bond acceptors (Lipinski definition) is 2. The molecule has 0 saturated heterocycles. The standard InChI is InChI=1S/C13H21NO2/c1-3-5-9-16-10-8-14-7-6-12(11-14)13(15)4-2/h6-7,11H,3-5,8-10H2,1-2H3. The molecule has 0 bridgehead atoms. The second-order valence-electron chi connectivity index (χ2n) is 3.88. The Morgan fingerprint density at radius 3 is 2.88 bits per heavy atom. The summed E-state index contributed by atoms with van der Waals surface area (Å²) >= 11 is 0. The topological polar surface area (TPSA) is 31.2 Å². The van der Waals surface area contributed by atoms with E-state index >= 15 is 0 Å². The van der Waals surface area contributed by atoms with Crippen LogP contribution >= 0.6 is 0 Å². The predicted molar refractivity (Wildman–Crippen MR) is 64.8 cm³/mol. The van der Waals surface area contributed by atoms with Gasteiger partial charge in [0.15, 0.2) is 5.78 Å². The van der Waals surface area contributed by atoms with Crippen LogP contribution in [0, 0.1) is 0 Å². The number of carbonyl (C=O) groups is 1. The van der Waals surface area contributed by atoms with Gasteiger partial charge in [-0.15, -0.1) is 0 Å². The molecule has 1 rings (SSSR count). The fraction of sp³-hybridized carbons (Fsp3) is 0.615. The fourth-order valence-electron chi connectivity index (χ4n) is 1.47. The van der Waals surface area contributed by atoms with E-state index in [1.54, 1.807) is 0 Å². The van der Waals surface area contributed by atoms with Gasteiger partial charge >= 0.3 is 0 Å². The third kappa shape index (κ3) is 4.19. The van der Waals surface area contributed by atoms with Gasteiger partial charge in [0.1, 0.15) is 0 Å². The third-order valence-electron chi connectivity index (χ3n) is 2.53. The lowest BCUT2D eigenvalue weighted by molar-refractivity contribution is 0.0987. The van der Waals surface area contributed by atoms with Crippen molar-refractivity contribution in [2.45, 2.75) is 39.7 Å². The Morgan fingerprint density at radius 1 is 1.38 bits per heavy atom. The highest BCUT2D eigenvalue weighted by atomic mass is 16.5. The molecule has 0 fully saturated rings. The summed E-state index contributed by atoms with van der Waals surface area (Å²) in [6, 6.07) is 1.87. The molecule has 0 N–H and O–H groups in total. The van der Waals surface area contributed by atoms with Crippen molar-refractivity contribution in [3.05, 3.63) is 24.0 Å². The van der Waals surface area contributed by atoms with Gasteiger partial charge in [-0.25, -0.2) is 0 Å². The van der Waals surface area contributed by atoms with E-state index in [9.17, 15) is 4.79 Å². The monoisotopic (exact) mass is 223 g/mol. The molecule has 0 aromatic carbocycles. The molecule has 1 heterocycles. The number of nitrogens with zero attached hydrogens (tertiary/aromatic N) is 1. The first kappa shape index (κ1) is 13.0. The fourth-order valence-corrected chi connectivity index (χ4v) is 1.47. The number of Topliss-reactive ketones (excluding diaryl/α,β-unsaturated/α-hetero) is 1. The number of hydrogen-bond donors (Lipinski definition) is 0. The molecule has 0 saturated carbocycles. The van der Waals surface area contributed by atoms with E-state index in [0.29, 0.717) is 13.0 Å². The average molecular weight is 223 g/mol. The first-order valence-electron chi connectivity index (χ1n) is 6.04. The van der Waals surface area contributed by atoms with Crippen LogP contribution in [-0.2, 0) is 11.3 Å². The first-order valence-corrected chi connectivity index (χ1v) is 6.04. The summed E-state index contributed by atoms with van der Waals surface area (Å²) in [5, 5.41) is 0. The van der Waals surface area contributed by atoms with Crippen LogP contribution in [0.4, 0.5) is 0 Å². The number of ketones is 1. The lowest BCUT2D eigenvalue weighted by atomic mass is 10.2. The van der Waals surface area contributed by atoms with E-state index < -0.39 is 0 Å². The second-order valence-corrected chi connectivity index (χ2v) is 3.88. The Labute approximate surface area is 97.4 Å². The molecular formula is C13H21NO2. The van der Waals surface area contributed by atoms with Crippen LogP contribution in [-0.4, -0.2) is 23.6 Å². The summed E-state index contributed by atoms with van der Waals surface area (Å²) in [6.07, 6.45) is 6.68. The minimum Gasteiger partial charge on any atom is -0.380 e. The molecule has 0 aliphatic carbocycles. The summed E-state index contributed by atoms with van der Waals surface area (Å²) < 4.78 is 7.48. The predicted octanol–water partition coefficient (Wildman–Crippen LogP) is 2.90. The normalized spacial score (nSPS) is 10.6. The highest BCUT2D eigenvalue weighted by molar-refractivity contribution is 5.95. The summed E-state index contributed by atoms with van der Waals surface area (Å²) in [4.78, 5) is 11.4. The van der Waals surface area contributed by atoms with Crippen LogP contribution in [0.3, 0.4) is 0 Å². The summed E-state index contributed by atoms with van der Waals surface area (Å²) in [6.45, 7) is 6.40. The van der Waals surface area contributed by atoms with Crippen molar-refractivity contribution in [3.8, 4) is 0 Å². The Balaban J connectivity index is 2.27. The van der Waals surface area contributed by atoms with Crippen LogP contribution in [0.1, 0.15) is 43.5 Å². The molecule has 0 aliphatic rings. The van der Waals surface area contributed by atoms with Crippen LogP contribution in [0.2, 0.25) is 0 Å².